The first-order chi connectivity index (χ1) is 18.0. The number of piperazine rings is 1. The number of fused-ring (bicyclic) bond motifs is 2. The maximum atomic E-state index is 13.6. The molecule has 2 fully saturated rings. The predicted octanol–water partition coefficient (Wildman–Crippen LogP) is 2.89. The van der Waals surface area contributed by atoms with E-state index in [4.69, 9.17) is 22.1 Å². The molecule has 2 aliphatic heterocycles. The number of rotatable bonds is 6. The Morgan fingerprint density at radius 1 is 1.05 bits per heavy atom. The molecule has 4 heterocycles. The lowest BCUT2D eigenvalue weighted by molar-refractivity contribution is -0.142. The summed E-state index contributed by atoms with van der Waals surface area (Å²) in [5, 5.41) is 2.63. The van der Waals surface area contributed by atoms with Gasteiger partial charge in [0.15, 0.2) is 0 Å². The smallest absolute Gasteiger partial charge is 0.237 e. The van der Waals surface area contributed by atoms with Crippen molar-refractivity contribution in [3.05, 3.63) is 65.1 Å². The SMILES string of the molecule is Nc1ncnc2cc(CN3C(=O)CN(Cc4cc5cc(Cl)ccc5[nH]4)C[C@@H]3CN3CCOCC3)ccc12. The topological polar surface area (TPSA) is 104 Å². The molecule has 9 nitrogen and oxygen atoms in total. The number of aromatic amines is 1. The Morgan fingerprint density at radius 3 is 2.78 bits per heavy atom. The molecule has 37 heavy (non-hydrogen) atoms. The van der Waals surface area contributed by atoms with E-state index in [0.717, 1.165) is 77.5 Å². The quantitative estimate of drug-likeness (QED) is 0.403. The van der Waals surface area contributed by atoms with E-state index in [9.17, 15) is 4.79 Å². The molecule has 2 aromatic carbocycles. The molecule has 4 aromatic rings. The number of hydrogen-bond donors (Lipinski definition) is 2. The van der Waals surface area contributed by atoms with Gasteiger partial charge in [-0.05, 0) is 42.0 Å². The molecule has 2 saturated heterocycles. The minimum absolute atomic E-state index is 0.0596. The number of nitrogen functional groups attached to an aromatic ring is 1. The number of aromatic nitrogens is 3. The molecule has 2 aliphatic rings. The van der Waals surface area contributed by atoms with Crippen LogP contribution < -0.4 is 5.73 Å². The summed E-state index contributed by atoms with van der Waals surface area (Å²) < 4.78 is 5.55. The van der Waals surface area contributed by atoms with E-state index in [0.29, 0.717) is 25.5 Å². The number of carbonyl (C=O) groups excluding carboxylic acids is 1. The Bertz CT molecular complexity index is 1440. The Morgan fingerprint density at radius 2 is 1.92 bits per heavy atom. The Labute approximate surface area is 220 Å². The highest BCUT2D eigenvalue weighted by atomic mass is 35.5. The highest BCUT2D eigenvalue weighted by Crippen LogP contribution is 2.24. The average Bonchev–Trinajstić information content (AvgIpc) is 3.28. The number of hydrogen-bond acceptors (Lipinski definition) is 7. The van der Waals surface area contributed by atoms with Crippen LogP contribution in [0.4, 0.5) is 5.82 Å². The van der Waals surface area contributed by atoms with Gasteiger partial charge in [0, 0.05) is 66.3 Å². The van der Waals surface area contributed by atoms with Gasteiger partial charge in [0.2, 0.25) is 5.91 Å². The van der Waals surface area contributed by atoms with Gasteiger partial charge in [-0.25, -0.2) is 9.97 Å². The fourth-order valence-corrected chi connectivity index (χ4v) is 5.61. The molecular formula is C27H30ClN7O2. The fourth-order valence-electron chi connectivity index (χ4n) is 5.43. The number of halogens is 1. The molecule has 3 N–H and O–H groups in total. The van der Waals surface area contributed by atoms with Crippen LogP contribution >= 0.6 is 11.6 Å². The minimum atomic E-state index is 0.0596. The van der Waals surface area contributed by atoms with Crippen LogP contribution in [0, 0.1) is 0 Å². The summed E-state index contributed by atoms with van der Waals surface area (Å²) >= 11 is 6.17. The number of amides is 1. The zero-order valence-electron chi connectivity index (χ0n) is 20.6. The van der Waals surface area contributed by atoms with Crippen LogP contribution in [0.1, 0.15) is 11.3 Å². The second-order valence-electron chi connectivity index (χ2n) is 9.89. The number of H-pyrrole nitrogens is 1. The van der Waals surface area contributed by atoms with Gasteiger partial charge in [-0.15, -0.1) is 0 Å². The highest BCUT2D eigenvalue weighted by molar-refractivity contribution is 6.31. The molecule has 6 rings (SSSR count). The van der Waals surface area contributed by atoms with Gasteiger partial charge in [0.1, 0.15) is 12.1 Å². The first-order valence-electron chi connectivity index (χ1n) is 12.6. The van der Waals surface area contributed by atoms with Gasteiger partial charge in [-0.1, -0.05) is 17.7 Å². The molecule has 0 unspecified atom stereocenters. The number of benzene rings is 2. The lowest BCUT2D eigenvalue weighted by Gasteiger charge is -2.43. The van der Waals surface area contributed by atoms with Crippen molar-refractivity contribution < 1.29 is 9.53 Å². The molecule has 192 valence electrons. The van der Waals surface area contributed by atoms with Gasteiger partial charge >= 0.3 is 0 Å². The summed E-state index contributed by atoms with van der Waals surface area (Å²) in [7, 11) is 0. The van der Waals surface area contributed by atoms with Crippen LogP contribution in [-0.4, -0.2) is 87.5 Å². The summed E-state index contributed by atoms with van der Waals surface area (Å²) in [6.45, 7) is 6.42. The van der Waals surface area contributed by atoms with E-state index in [-0.39, 0.29) is 11.9 Å². The Kier molecular flexibility index (Phi) is 6.69. The molecule has 0 aliphatic carbocycles. The summed E-state index contributed by atoms with van der Waals surface area (Å²) in [6, 6.07) is 14.0. The van der Waals surface area contributed by atoms with Gasteiger partial charge in [0.25, 0.3) is 0 Å². The second-order valence-corrected chi connectivity index (χ2v) is 10.3. The largest absolute Gasteiger partial charge is 0.383 e. The van der Waals surface area contributed by atoms with Crippen molar-refractivity contribution >= 4 is 45.1 Å². The maximum Gasteiger partial charge on any atom is 0.237 e. The number of carbonyl (C=O) groups is 1. The third-order valence-electron chi connectivity index (χ3n) is 7.28. The van der Waals surface area contributed by atoms with Crippen LogP contribution in [0.3, 0.4) is 0 Å². The summed E-state index contributed by atoms with van der Waals surface area (Å²) in [5.74, 6) is 0.594. The van der Waals surface area contributed by atoms with Crippen LogP contribution in [0.2, 0.25) is 5.02 Å². The van der Waals surface area contributed by atoms with Crippen molar-refractivity contribution in [2.75, 3.05) is 51.7 Å². The monoisotopic (exact) mass is 519 g/mol. The van der Waals surface area contributed by atoms with Crippen LogP contribution in [-0.2, 0) is 22.6 Å². The zero-order chi connectivity index (χ0) is 25.4. The summed E-state index contributed by atoms with van der Waals surface area (Å²) in [6.07, 6.45) is 1.48. The number of ether oxygens (including phenoxy) is 1. The van der Waals surface area contributed by atoms with Crippen LogP contribution in [0.15, 0.2) is 48.8 Å². The molecule has 1 amide bonds. The van der Waals surface area contributed by atoms with Gasteiger partial charge in [-0.2, -0.15) is 0 Å². The van der Waals surface area contributed by atoms with E-state index >= 15 is 0 Å². The van der Waals surface area contributed by atoms with Gasteiger partial charge in [-0.3, -0.25) is 14.6 Å². The Balaban J connectivity index is 1.23. The van der Waals surface area contributed by atoms with Crippen molar-refractivity contribution in [2.45, 2.75) is 19.1 Å². The second kappa shape index (κ2) is 10.3. The summed E-state index contributed by atoms with van der Waals surface area (Å²) in [4.78, 5) is 32.2. The van der Waals surface area contributed by atoms with Gasteiger partial charge in [0.05, 0.1) is 31.3 Å². The van der Waals surface area contributed by atoms with Crippen molar-refractivity contribution in [3.8, 4) is 0 Å². The third-order valence-corrected chi connectivity index (χ3v) is 7.51. The molecule has 0 bridgehead atoms. The number of nitrogens with zero attached hydrogens (tertiary/aromatic N) is 5. The number of anilines is 1. The van der Waals surface area contributed by atoms with Crippen molar-refractivity contribution in [2.24, 2.45) is 0 Å². The minimum Gasteiger partial charge on any atom is -0.383 e. The molecule has 2 aromatic heterocycles. The van der Waals surface area contributed by atoms with Gasteiger partial charge < -0.3 is 20.4 Å². The first-order valence-corrected chi connectivity index (χ1v) is 13.0. The third kappa shape index (κ3) is 5.26. The number of nitrogens with one attached hydrogen (secondary N) is 1. The average molecular weight is 520 g/mol. The van der Waals surface area contributed by atoms with E-state index in [1.54, 1.807) is 0 Å². The van der Waals surface area contributed by atoms with E-state index < -0.39 is 0 Å². The summed E-state index contributed by atoms with van der Waals surface area (Å²) in [5.41, 5.74) is 9.96. The van der Waals surface area contributed by atoms with E-state index in [2.05, 4.69) is 30.8 Å². The predicted molar refractivity (Wildman–Crippen MR) is 144 cm³/mol. The fraction of sp³-hybridized carbons (Fsp3) is 0.370. The van der Waals surface area contributed by atoms with E-state index in [1.807, 2.05) is 41.3 Å². The number of morpholine rings is 1. The van der Waals surface area contributed by atoms with Crippen molar-refractivity contribution in [3.63, 3.8) is 0 Å². The van der Waals surface area contributed by atoms with Crippen LogP contribution in [0.5, 0.6) is 0 Å². The molecule has 0 saturated carbocycles. The van der Waals surface area contributed by atoms with E-state index in [1.165, 1.54) is 6.33 Å². The molecule has 0 spiro atoms. The van der Waals surface area contributed by atoms with Crippen LogP contribution in [0.25, 0.3) is 21.8 Å². The van der Waals surface area contributed by atoms with Crippen molar-refractivity contribution in [1.82, 2.24) is 29.7 Å². The Hall–Kier alpha value is -3.24. The molecule has 1 atom stereocenters. The lowest BCUT2D eigenvalue weighted by Crippen LogP contribution is -2.59. The molecular weight excluding hydrogens is 490 g/mol. The normalized spacial score (nSPS) is 19.8. The van der Waals surface area contributed by atoms with Crippen molar-refractivity contribution in [1.29, 1.82) is 0 Å². The maximum absolute atomic E-state index is 13.6. The first kappa shape index (κ1) is 24.1. The molecule has 0 radical (unpaired) electrons. The standard InChI is InChI=1S/C27H30ClN7O2/c28-20-2-4-24-19(10-20)11-21(32-24)13-34-15-22(14-33-5-7-37-8-6-33)35(26(36)16-34)12-18-1-3-23-25(9-18)30-17-31-27(23)29/h1-4,9-11,17,22,32H,5-8,12-16H2,(H2,29,30,31)/t22-/m0/s1. The number of nitrogens with two attached hydrogens (primary N) is 1. The highest BCUT2D eigenvalue weighted by Gasteiger charge is 2.34. The molecule has 10 heteroatoms. The lowest BCUT2D eigenvalue weighted by atomic mass is 10.1. The zero-order valence-corrected chi connectivity index (χ0v) is 21.3.